The van der Waals surface area contributed by atoms with Gasteiger partial charge in [0.05, 0.1) is 25.2 Å². The second kappa shape index (κ2) is 27.9. The molecule has 7 atom stereocenters. The molecule has 2 saturated heterocycles. The standard InChI is InChI=1S/C41H69N11O11S/c1-23(2)17-28(49-40(61)27(14-15-31(42)53)48-38(59)25(19-33(55)52-63)18-24-9-3-4-10-24)39(60)46-20-34(56)45-21-35(57)47-26(37(43)58)11-7-8-16-44-32(54)13-6-5-12-30-36-29(22-64-30)50-41(62)51-36/h23-30,36,63H,3-22H2,1-2H3,(H2,42,53)(H2,43,58)(H,44,54)(H,45,56)(H,46,60)(H,47,57)(H,48,59)(H,49,61)(H,52,55)(H2,50,51,62)/t25?,26-,27-,28-,29-,30-,36-/m0/s1. The average Bonchev–Trinajstić information content (AvgIpc) is 3.99. The maximum absolute atomic E-state index is 13.6. The quantitative estimate of drug-likeness (QED) is 0.0171. The summed E-state index contributed by atoms with van der Waals surface area (Å²) in [7, 11) is 0. The van der Waals surface area contributed by atoms with Crippen LogP contribution in [0.15, 0.2) is 0 Å². The van der Waals surface area contributed by atoms with Crippen LogP contribution in [0.25, 0.3) is 0 Å². The predicted molar refractivity (Wildman–Crippen MR) is 234 cm³/mol. The van der Waals surface area contributed by atoms with Gasteiger partial charge in [-0.3, -0.25) is 48.4 Å². The Labute approximate surface area is 377 Å². The Bertz CT molecular complexity index is 1650. The summed E-state index contributed by atoms with van der Waals surface area (Å²) in [5.74, 6) is -5.91. The Kier molecular flexibility index (Phi) is 23.2. The second-order valence-corrected chi connectivity index (χ2v) is 18.6. The number of primary amides is 2. The van der Waals surface area contributed by atoms with E-state index in [4.69, 9.17) is 16.7 Å². The number of unbranched alkanes of at least 4 members (excludes halogenated alkanes) is 2. The van der Waals surface area contributed by atoms with Gasteiger partial charge in [0.15, 0.2) is 0 Å². The highest BCUT2D eigenvalue weighted by atomic mass is 32.2. The van der Waals surface area contributed by atoms with E-state index in [9.17, 15) is 47.9 Å². The fourth-order valence-corrected chi connectivity index (χ4v) is 9.69. The Balaban J connectivity index is 1.39. The van der Waals surface area contributed by atoms with Gasteiger partial charge in [-0.1, -0.05) is 46.0 Å². The number of fused-ring (bicyclic) bond motifs is 1. The van der Waals surface area contributed by atoms with Gasteiger partial charge >= 0.3 is 6.03 Å². The number of urea groups is 1. The van der Waals surface area contributed by atoms with Crippen molar-refractivity contribution in [3.8, 4) is 0 Å². The van der Waals surface area contributed by atoms with E-state index in [1.807, 2.05) is 11.8 Å². The summed E-state index contributed by atoms with van der Waals surface area (Å²) >= 11 is 1.83. The molecule has 1 aliphatic carbocycles. The summed E-state index contributed by atoms with van der Waals surface area (Å²) in [4.78, 5) is 125. The van der Waals surface area contributed by atoms with Crippen LogP contribution in [-0.4, -0.2) is 125 Å². The van der Waals surface area contributed by atoms with Crippen LogP contribution in [0.4, 0.5) is 4.79 Å². The number of nitrogens with one attached hydrogen (secondary N) is 9. The minimum Gasteiger partial charge on any atom is -0.370 e. The second-order valence-electron chi connectivity index (χ2n) is 17.3. The molecule has 0 aromatic heterocycles. The van der Waals surface area contributed by atoms with Crippen molar-refractivity contribution in [3.63, 3.8) is 0 Å². The van der Waals surface area contributed by atoms with Crippen LogP contribution >= 0.6 is 11.8 Å². The van der Waals surface area contributed by atoms with Gasteiger partial charge in [0.25, 0.3) is 0 Å². The number of carbonyl (C=O) groups excluding carboxylic acids is 10. The molecule has 0 bridgehead atoms. The van der Waals surface area contributed by atoms with E-state index in [2.05, 4.69) is 42.5 Å². The van der Waals surface area contributed by atoms with Crippen molar-refractivity contribution in [2.24, 2.45) is 29.2 Å². The summed E-state index contributed by atoms with van der Waals surface area (Å²) in [6.45, 7) is 2.87. The highest BCUT2D eigenvalue weighted by molar-refractivity contribution is 8.00. The molecule has 11 amide bonds. The van der Waals surface area contributed by atoms with Crippen molar-refractivity contribution in [2.75, 3.05) is 25.4 Å². The van der Waals surface area contributed by atoms with E-state index in [0.29, 0.717) is 37.5 Å². The lowest BCUT2D eigenvalue weighted by molar-refractivity contribution is -0.137. The third-order valence-corrected chi connectivity index (χ3v) is 13.1. The molecular weight excluding hydrogens is 855 g/mol. The van der Waals surface area contributed by atoms with E-state index in [1.165, 1.54) is 5.48 Å². The van der Waals surface area contributed by atoms with Crippen LogP contribution in [0.5, 0.6) is 0 Å². The highest BCUT2D eigenvalue weighted by Crippen LogP contribution is 2.33. The van der Waals surface area contributed by atoms with Gasteiger partial charge in [-0.15, -0.1) is 0 Å². The van der Waals surface area contributed by atoms with Crippen molar-refractivity contribution >= 4 is 71.0 Å². The number of nitrogens with two attached hydrogens (primary N) is 2. The average molecular weight is 924 g/mol. The van der Waals surface area contributed by atoms with Crippen molar-refractivity contribution in [1.82, 2.24) is 48.0 Å². The Morgan fingerprint density at radius 1 is 0.734 bits per heavy atom. The van der Waals surface area contributed by atoms with E-state index in [-0.39, 0.29) is 68.0 Å². The van der Waals surface area contributed by atoms with Crippen LogP contribution in [0.2, 0.25) is 0 Å². The molecule has 0 aromatic carbocycles. The smallest absolute Gasteiger partial charge is 0.315 e. The topological polar surface area (TPSA) is 351 Å². The van der Waals surface area contributed by atoms with E-state index in [0.717, 1.165) is 50.7 Å². The van der Waals surface area contributed by atoms with Crippen molar-refractivity contribution in [3.05, 3.63) is 0 Å². The van der Waals surface area contributed by atoms with Gasteiger partial charge < -0.3 is 54.0 Å². The lowest BCUT2D eigenvalue weighted by Gasteiger charge is -2.26. The zero-order chi connectivity index (χ0) is 47.2. The summed E-state index contributed by atoms with van der Waals surface area (Å²) < 4.78 is 0. The predicted octanol–water partition coefficient (Wildman–Crippen LogP) is -1.43. The molecule has 3 aliphatic rings. The van der Waals surface area contributed by atoms with Gasteiger partial charge in [-0.25, -0.2) is 10.3 Å². The number of thioether (sulfide) groups is 1. The van der Waals surface area contributed by atoms with Crippen molar-refractivity contribution < 1.29 is 53.2 Å². The van der Waals surface area contributed by atoms with Crippen LogP contribution < -0.4 is 59.5 Å². The van der Waals surface area contributed by atoms with Gasteiger partial charge in [0.2, 0.25) is 53.2 Å². The van der Waals surface area contributed by atoms with Crippen molar-refractivity contribution in [2.45, 2.75) is 152 Å². The first kappa shape index (κ1) is 53.2. The molecule has 3 fully saturated rings. The Morgan fingerprint density at radius 2 is 1.44 bits per heavy atom. The molecule has 64 heavy (non-hydrogen) atoms. The summed E-state index contributed by atoms with van der Waals surface area (Å²) in [6, 6.07) is -3.33. The van der Waals surface area contributed by atoms with Gasteiger partial charge in [-0.2, -0.15) is 11.8 Å². The monoisotopic (exact) mass is 923 g/mol. The first-order valence-electron chi connectivity index (χ1n) is 22.4. The molecule has 0 spiro atoms. The van der Waals surface area contributed by atoms with E-state index >= 15 is 0 Å². The van der Waals surface area contributed by atoms with E-state index < -0.39 is 84.4 Å². The van der Waals surface area contributed by atoms with Crippen molar-refractivity contribution in [1.29, 1.82) is 0 Å². The number of hydrogen-bond acceptors (Lipinski definition) is 12. The molecule has 23 heteroatoms. The molecule has 2 aliphatic heterocycles. The summed E-state index contributed by atoms with van der Waals surface area (Å²) in [6.07, 6.45) is 7.47. The number of carbonyl (C=O) groups is 10. The lowest BCUT2D eigenvalue weighted by atomic mass is 9.89. The molecule has 0 radical (unpaired) electrons. The normalized spacial score (nSPS) is 19.8. The van der Waals surface area contributed by atoms with Crippen LogP contribution in [-0.2, 0) is 43.2 Å². The molecule has 1 unspecified atom stereocenters. The van der Waals surface area contributed by atoms with Crippen LogP contribution in [0, 0.1) is 17.8 Å². The Hall–Kier alpha value is -5.19. The molecule has 0 aromatic rings. The molecular formula is C41H69N11O11S. The fourth-order valence-electron chi connectivity index (χ4n) is 8.15. The van der Waals surface area contributed by atoms with E-state index in [1.54, 1.807) is 13.8 Å². The minimum absolute atomic E-state index is 0.0846. The SMILES string of the molecule is CC(C)C[C@H](NC(=O)[C@H](CCC(N)=O)NC(=O)C(CC(=O)NO)CC1CCCC1)C(=O)NCC(=O)NCC(=O)N[C@@H](CCCCNC(=O)CCCC[C@@H]1SC[C@@H]2NC(=O)N[C@@H]21)C(N)=O. The third kappa shape index (κ3) is 19.7. The Morgan fingerprint density at radius 3 is 2.11 bits per heavy atom. The minimum atomic E-state index is -1.31. The number of amides is 11. The number of rotatable bonds is 30. The zero-order valence-corrected chi connectivity index (χ0v) is 37.7. The van der Waals surface area contributed by atoms with Gasteiger partial charge in [0.1, 0.15) is 18.1 Å². The van der Waals surface area contributed by atoms with Gasteiger partial charge in [-0.05, 0) is 63.2 Å². The molecule has 22 nitrogen and oxygen atoms in total. The third-order valence-electron chi connectivity index (χ3n) is 11.5. The summed E-state index contributed by atoms with van der Waals surface area (Å²) in [5, 5.41) is 30.6. The fraction of sp³-hybridized carbons (Fsp3) is 0.756. The van der Waals surface area contributed by atoms with Crippen LogP contribution in [0.3, 0.4) is 0 Å². The van der Waals surface area contributed by atoms with Gasteiger partial charge in [0, 0.05) is 42.7 Å². The molecule has 360 valence electrons. The molecule has 2 heterocycles. The largest absolute Gasteiger partial charge is 0.370 e. The molecule has 3 rings (SSSR count). The maximum atomic E-state index is 13.6. The summed E-state index contributed by atoms with van der Waals surface area (Å²) in [5.41, 5.74) is 12.4. The molecule has 1 saturated carbocycles. The first-order valence-corrected chi connectivity index (χ1v) is 23.4. The van der Waals surface area contributed by atoms with Crippen LogP contribution in [0.1, 0.15) is 117 Å². The number of hydroxylamine groups is 1. The number of hydrogen-bond donors (Lipinski definition) is 12. The highest BCUT2D eigenvalue weighted by Gasteiger charge is 2.42. The maximum Gasteiger partial charge on any atom is 0.315 e. The molecule has 14 N–H and O–H groups in total. The lowest BCUT2D eigenvalue weighted by Crippen LogP contribution is -2.55. The first-order chi connectivity index (χ1) is 30.4. The zero-order valence-electron chi connectivity index (χ0n) is 36.9.